The van der Waals surface area contributed by atoms with Gasteiger partial charge in [-0.15, -0.1) is 0 Å². The van der Waals surface area contributed by atoms with Gasteiger partial charge in [0.25, 0.3) is 11.8 Å². The van der Waals surface area contributed by atoms with Gasteiger partial charge in [-0.2, -0.15) is 0 Å². The Morgan fingerprint density at radius 3 is 2.27 bits per heavy atom. The Hall–Kier alpha value is -4.95. The van der Waals surface area contributed by atoms with Crippen molar-refractivity contribution in [1.82, 2.24) is 15.1 Å². The third-order valence-corrected chi connectivity index (χ3v) is 13.0. The Labute approximate surface area is 321 Å². The van der Waals surface area contributed by atoms with Crippen LogP contribution in [0.25, 0.3) is 0 Å². The van der Waals surface area contributed by atoms with E-state index in [-0.39, 0.29) is 23.3 Å². The molecule has 1 spiro atoms. The van der Waals surface area contributed by atoms with Crippen LogP contribution in [0.2, 0.25) is 0 Å². The Kier molecular flexibility index (Phi) is 9.61. The lowest BCUT2D eigenvalue weighted by Gasteiger charge is -2.62. The highest BCUT2D eigenvalue weighted by Crippen LogP contribution is 2.52. The molecule has 3 saturated heterocycles. The summed E-state index contributed by atoms with van der Waals surface area (Å²) < 4.78 is 36.6. The summed E-state index contributed by atoms with van der Waals surface area (Å²) in [6.07, 6.45) is 4.30. The van der Waals surface area contributed by atoms with E-state index in [2.05, 4.69) is 32.1 Å². The van der Waals surface area contributed by atoms with E-state index in [9.17, 15) is 27.6 Å². The molecule has 1 unspecified atom stereocenters. The molecule has 3 aromatic carbocycles. The highest BCUT2D eigenvalue weighted by Gasteiger charge is 2.54. The number of benzene rings is 3. The molecule has 4 fully saturated rings. The number of hydrogen-bond donors (Lipinski definition) is 1. The molecule has 1 N–H and O–H groups in total. The Bertz CT molecular complexity index is 2140. The van der Waals surface area contributed by atoms with Crippen LogP contribution in [0, 0.1) is 5.41 Å². The Morgan fingerprint density at radius 1 is 0.891 bits per heavy atom. The van der Waals surface area contributed by atoms with Gasteiger partial charge in [0.2, 0.25) is 11.8 Å². The van der Waals surface area contributed by atoms with Crippen LogP contribution in [0.15, 0.2) is 60.7 Å². The zero-order valence-corrected chi connectivity index (χ0v) is 32.3. The summed E-state index contributed by atoms with van der Waals surface area (Å²) in [5.74, 6) is -1.26. The number of rotatable bonds is 11. The van der Waals surface area contributed by atoms with Gasteiger partial charge in [-0.05, 0) is 73.7 Å². The van der Waals surface area contributed by atoms with E-state index in [1.807, 2.05) is 25.1 Å². The third kappa shape index (κ3) is 6.94. The maximum atomic E-state index is 14.3. The van der Waals surface area contributed by atoms with E-state index in [0.29, 0.717) is 72.3 Å². The minimum absolute atomic E-state index is 0.202. The van der Waals surface area contributed by atoms with Crippen molar-refractivity contribution < 1.29 is 37.1 Å². The molecule has 1 saturated carbocycles. The number of hydrogen-bond acceptors (Lipinski definition) is 11. The smallest absolute Gasteiger partial charge is 0.264 e. The lowest BCUT2D eigenvalue weighted by molar-refractivity contribution is -0.134. The zero-order chi connectivity index (χ0) is 38.6. The molecule has 3 aromatic rings. The number of imide groups is 2. The zero-order valence-electron chi connectivity index (χ0n) is 31.5. The van der Waals surface area contributed by atoms with Gasteiger partial charge >= 0.3 is 0 Å². The first kappa shape index (κ1) is 37.0. The molecular weight excluding hydrogens is 723 g/mol. The van der Waals surface area contributed by atoms with Crippen LogP contribution in [0.5, 0.6) is 11.5 Å². The van der Waals surface area contributed by atoms with Crippen molar-refractivity contribution in [2.24, 2.45) is 5.41 Å². The normalized spacial score (nSPS) is 21.9. The van der Waals surface area contributed by atoms with Gasteiger partial charge in [0.05, 0.1) is 48.2 Å². The average molecular weight is 770 g/mol. The fourth-order valence-electron chi connectivity index (χ4n) is 9.27. The van der Waals surface area contributed by atoms with Gasteiger partial charge in [0, 0.05) is 69.1 Å². The Balaban J connectivity index is 0.897. The van der Waals surface area contributed by atoms with Crippen molar-refractivity contribution in [3.05, 3.63) is 82.9 Å². The van der Waals surface area contributed by atoms with Crippen molar-refractivity contribution in [3.8, 4) is 11.5 Å². The second-order valence-corrected chi connectivity index (χ2v) is 17.9. The van der Waals surface area contributed by atoms with E-state index in [4.69, 9.17) is 9.47 Å². The number of anilines is 2. The number of carbonyl (C=O) groups excluding carboxylic acids is 4. The predicted octanol–water partition coefficient (Wildman–Crippen LogP) is 3.79. The van der Waals surface area contributed by atoms with E-state index in [1.54, 1.807) is 30.3 Å². The number of fused-ring (bicyclic) bond motifs is 1. The molecule has 4 heterocycles. The molecule has 55 heavy (non-hydrogen) atoms. The maximum absolute atomic E-state index is 14.3. The summed E-state index contributed by atoms with van der Waals surface area (Å²) in [7, 11) is -2.10. The van der Waals surface area contributed by atoms with Gasteiger partial charge in [-0.25, -0.2) is 8.42 Å². The molecule has 5 aliphatic rings. The number of methoxy groups -OCH3 is 1. The standard InChI is InChI=1S/C41H47N5O8S/c1-4-54-35-20-27(10-14-34(35)53-2)33(23-55(3,51)52)46-39(49)31-6-5-7-32(37(31)40(46)50)44-18-16-43(17-19-44)29-21-41(22-29)24-45(25-41)28-11-8-26(9-12-28)30-13-15-36(47)42-38(30)48/h5-12,14,20,29-30,33H,4,13,15-19,21-25H2,1-3H3,(H,42,47,48)/t30?,33-/m1/s1. The predicted molar refractivity (Wildman–Crippen MR) is 207 cm³/mol. The van der Waals surface area contributed by atoms with E-state index in [1.165, 1.54) is 7.11 Å². The summed E-state index contributed by atoms with van der Waals surface area (Å²) in [6.45, 7) is 7.28. The lowest BCUT2D eigenvalue weighted by Crippen LogP contribution is -2.68. The monoisotopic (exact) mass is 769 g/mol. The molecule has 4 aliphatic heterocycles. The number of piperidine rings is 1. The minimum Gasteiger partial charge on any atom is -0.493 e. The number of carbonyl (C=O) groups is 4. The minimum atomic E-state index is -3.62. The fourth-order valence-corrected chi connectivity index (χ4v) is 10.2. The molecule has 0 bridgehead atoms. The van der Waals surface area contributed by atoms with Gasteiger partial charge in [0.15, 0.2) is 11.5 Å². The van der Waals surface area contributed by atoms with Gasteiger partial charge in [-0.3, -0.25) is 34.3 Å². The van der Waals surface area contributed by atoms with E-state index < -0.39 is 33.4 Å². The van der Waals surface area contributed by atoms with Crippen LogP contribution in [0.3, 0.4) is 0 Å². The highest BCUT2D eigenvalue weighted by molar-refractivity contribution is 7.90. The van der Waals surface area contributed by atoms with Crippen molar-refractivity contribution in [3.63, 3.8) is 0 Å². The van der Waals surface area contributed by atoms with Crippen LogP contribution in [0.4, 0.5) is 11.4 Å². The van der Waals surface area contributed by atoms with Gasteiger partial charge in [-0.1, -0.05) is 24.3 Å². The molecular formula is C41H47N5O8S. The second-order valence-electron chi connectivity index (χ2n) is 15.7. The van der Waals surface area contributed by atoms with Gasteiger partial charge < -0.3 is 19.3 Å². The van der Waals surface area contributed by atoms with Crippen molar-refractivity contribution in [2.75, 3.05) is 74.8 Å². The van der Waals surface area contributed by atoms with Gasteiger partial charge in [0.1, 0.15) is 9.84 Å². The van der Waals surface area contributed by atoms with Crippen molar-refractivity contribution >= 4 is 44.8 Å². The first-order chi connectivity index (χ1) is 26.4. The third-order valence-electron chi connectivity index (χ3n) is 12.0. The first-order valence-corrected chi connectivity index (χ1v) is 21.1. The molecule has 290 valence electrons. The summed E-state index contributed by atoms with van der Waals surface area (Å²) in [5, 5.41) is 2.45. The summed E-state index contributed by atoms with van der Waals surface area (Å²) in [5.41, 5.74) is 4.18. The second kappa shape index (κ2) is 14.3. The van der Waals surface area contributed by atoms with Crippen LogP contribution in [-0.4, -0.2) is 113 Å². The summed E-state index contributed by atoms with van der Waals surface area (Å²) >= 11 is 0. The van der Waals surface area contributed by atoms with Crippen LogP contribution < -0.4 is 24.6 Å². The molecule has 0 aromatic heterocycles. The summed E-state index contributed by atoms with van der Waals surface area (Å²) in [4.78, 5) is 60.3. The number of nitrogens with zero attached hydrogens (tertiary/aromatic N) is 4. The highest BCUT2D eigenvalue weighted by atomic mass is 32.2. The largest absolute Gasteiger partial charge is 0.493 e. The number of nitrogens with one attached hydrogen (secondary N) is 1. The van der Waals surface area contributed by atoms with Crippen molar-refractivity contribution in [1.29, 1.82) is 0 Å². The van der Waals surface area contributed by atoms with Crippen LogP contribution >= 0.6 is 0 Å². The van der Waals surface area contributed by atoms with E-state index >= 15 is 0 Å². The quantitative estimate of drug-likeness (QED) is 0.285. The maximum Gasteiger partial charge on any atom is 0.264 e. The fraction of sp³-hybridized carbons (Fsp3) is 0.463. The van der Waals surface area contributed by atoms with Crippen LogP contribution in [-0.2, 0) is 19.4 Å². The van der Waals surface area contributed by atoms with Crippen LogP contribution in [0.1, 0.15) is 76.4 Å². The lowest BCUT2D eigenvalue weighted by atomic mass is 9.60. The number of ether oxygens (including phenoxy) is 2. The summed E-state index contributed by atoms with van der Waals surface area (Å²) in [6, 6.07) is 18.0. The topological polar surface area (TPSA) is 146 Å². The molecule has 13 nitrogen and oxygen atoms in total. The number of amides is 4. The van der Waals surface area contributed by atoms with E-state index in [0.717, 1.165) is 61.4 Å². The SMILES string of the molecule is CCOc1cc([C@@H](CS(C)(=O)=O)N2C(=O)c3cccc(N4CCN(C5CC6(C5)CN(c5ccc(C7CCC(=O)NC7=O)cc5)C6)CC4)c3C2=O)ccc1OC. The average Bonchev–Trinajstić information content (AvgIpc) is 3.38. The van der Waals surface area contributed by atoms with Crippen molar-refractivity contribution in [2.45, 2.75) is 50.6 Å². The molecule has 4 amide bonds. The molecule has 1 aliphatic carbocycles. The number of sulfone groups is 1. The molecule has 8 rings (SSSR count). The molecule has 0 radical (unpaired) electrons. The number of piperazine rings is 1. The molecule has 14 heteroatoms. The molecule has 2 atom stereocenters. The first-order valence-electron chi connectivity index (χ1n) is 19.0. The Morgan fingerprint density at radius 2 is 1.62 bits per heavy atom.